The van der Waals surface area contributed by atoms with Crippen molar-refractivity contribution >= 4 is 139 Å². The zero-order valence-electron chi connectivity index (χ0n) is 84.8. The summed E-state index contributed by atoms with van der Waals surface area (Å²) in [7, 11) is 3.32. The summed E-state index contributed by atoms with van der Waals surface area (Å²) in [5, 5.41) is 51.1. The van der Waals surface area contributed by atoms with E-state index in [1.807, 2.05) is 174 Å². The molecule has 4 aliphatic heterocycles. The molecule has 14 heterocycles. The van der Waals surface area contributed by atoms with Gasteiger partial charge in [-0.25, -0.2) is 39.3 Å². The molecule has 40 nitrogen and oxygen atoms in total. The van der Waals surface area contributed by atoms with Crippen molar-refractivity contribution in [2.45, 2.75) is 248 Å². The minimum Gasteiger partial charge on any atom is -0.497 e. The van der Waals surface area contributed by atoms with Gasteiger partial charge >= 0.3 is 18.3 Å². The normalized spacial score (nSPS) is 16.3. The predicted molar refractivity (Wildman–Crippen MR) is 568 cm³/mol. The summed E-state index contributed by atoms with van der Waals surface area (Å²) < 4.78 is 35.3. The number of carbonyl (C=O) groups excluding carboxylic acids is 6. The number of hydrogen-bond donors (Lipinski definition) is 11. The van der Waals surface area contributed by atoms with Crippen molar-refractivity contribution in [3.63, 3.8) is 0 Å². The minimum atomic E-state index is -0.527. The number of amides is 5. The van der Waals surface area contributed by atoms with E-state index in [2.05, 4.69) is 113 Å². The summed E-state index contributed by atoms with van der Waals surface area (Å²) in [5.41, 5.74) is 20.3. The number of benzene rings is 2. The SMILES string of the molecule is C.C=CC(=O)Cl.C=CC(=O)Nc1c(C)c(NC2CCCN(C(=O)OC(C)(C)C)C2)nc2ccnn12.C=CC(=O)Nc1c(C)c(NC2CCCNC2)nc2ccnn12.COc1ccc(CNc2c(C)c(Cl)nc3ccnn23)cc1.COc1ccc(CNc2c(C)c(NC3CCCN(C(=O)OC(C)(C)C)C3)nc3ccnn23)cc1.Cc1c(NC2CCCN(C(=O)OC(C)(C)C)C2)nc2ccnn2c1N.NC1CCCCC1. The number of carbonyl (C=O) groups is 6. The second kappa shape index (κ2) is 52.2. The van der Waals surface area contributed by atoms with Crippen molar-refractivity contribution in [2.75, 3.05) is 115 Å². The summed E-state index contributed by atoms with van der Waals surface area (Å²) in [6.45, 7) is 43.6. The first-order chi connectivity index (χ1) is 68.2. The predicted octanol–water partition coefficient (Wildman–Crippen LogP) is 17.4. The van der Waals surface area contributed by atoms with E-state index in [1.165, 1.54) is 44.3 Å². The highest BCUT2D eigenvalue weighted by molar-refractivity contribution is 6.66. The summed E-state index contributed by atoms with van der Waals surface area (Å²) >= 11 is 10.9. The van der Waals surface area contributed by atoms with Gasteiger partial charge in [0.25, 0.3) is 0 Å². The van der Waals surface area contributed by atoms with Gasteiger partial charge in [-0.1, -0.05) is 82.3 Å². The third-order valence-corrected chi connectivity index (χ3v) is 24.1. The molecule has 42 heteroatoms. The number of nitrogens with one attached hydrogen (secondary N) is 9. The van der Waals surface area contributed by atoms with E-state index in [-0.39, 0.29) is 55.6 Å². The molecular weight excluding hydrogens is 1880 g/mol. The van der Waals surface area contributed by atoms with Gasteiger partial charge in [-0.05, 0) is 233 Å². The van der Waals surface area contributed by atoms with Crippen LogP contribution in [-0.2, 0) is 41.7 Å². The molecule has 4 saturated heterocycles. The first-order valence-corrected chi connectivity index (χ1v) is 49.0. The fraction of sp³-hybridized carbons (Fsp3) is 0.471. The molecule has 4 unspecified atom stereocenters. The van der Waals surface area contributed by atoms with Crippen molar-refractivity contribution in [3.05, 3.63) is 192 Å². The number of ether oxygens (including phenoxy) is 5. The Bertz CT molecular complexity index is 6330. The monoisotopic (exact) mass is 2020 g/mol. The van der Waals surface area contributed by atoms with Gasteiger partial charge in [0.05, 0.1) is 45.2 Å². The van der Waals surface area contributed by atoms with Crippen molar-refractivity contribution < 1.29 is 52.5 Å². The van der Waals surface area contributed by atoms with Crippen LogP contribution < -0.4 is 68.8 Å². The molecule has 2 aromatic carbocycles. The van der Waals surface area contributed by atoms with Crippen molar-refractivity contribution in [2.24, 2.45) is 5.73 Å². The van der Waals surface area contributed by atoms with Crippen LogP contribution in [0.3, 0.4) is 0 Å². The highest BCUT2D eigenvalue weighted by Crippen LogP contribution is 2.33. The Balaban J connectivity index is 0.000000180. The molecule has 144 heavy (non-hydrogen) atoms. The maximum Gasteiger partial charge on any atom is 0.410 e. The Morgan fingerprint density at radius 3 is 1.08 bits per heavy atom. The molecule has 5 fully saturated rings. The number of nitrogens with zero attached hydrogens (tertiary/aromatic N) is 18. The number of hydrogen-bond acceptors (Lipinski definition) is 30. The molecular formula is C102H143Cl2N29O11. The average molecular weight is 2020 g/mol. The quantitative estimate of drug-likeness (QED) is 0.0138. The standard InChI is InChI=1S/C25H34N6O3.C20H28N6O3.C17H26N6O2.C15H15ClN4O.C15H20N6O.C6H13N.C3H3ClO.CH4/c1-17-22(28-19-7-6-14-30(16-19)24(32)34-25(2,3)4)29-21-12-13-27-31(21)23(17)26-15-18-8-10-20(33-5)11-9-18;1-6-16(27)24-18-13(2)17(23-15-9-10-21-26(15)18)22-14-8-7-11-25(12-14)19(28)29-20(3,4)5;1-11-14(18)23-13(7-8-19-23)21-15(11)20-12-6-5-9-22(10-12)16(24)25-17(2,3)4;1-10-14(16)19-13-7-8-18-20(13)15(10)17-9-11-3-5-12(21-2)6-4-11;1-3-13(22)20-15-10(2)14(18-11-5-4-7-16-9-11)19-12-6-8-17-21(12)15;7-6-4-2-1-3-5-6;1-2-3(4)5;/h8-13,19,26H,6-7,14-16H2,1-5H3,(H,28,29);6,9-10,14H,1,7-8,11-12H2,2-5H3,(H,22,23)(H,24,27);7-8,12H,5-6,9-10,18H2,1-4H3,(H,20,21);3-8,17H,9H2,1-2H3;3,6,8,11,16H,1,4-5,7,9H2,2H3,(H,18,19)(H,20,22);6H,1-5,7H2;2H,1H2;1H4. The van der Waals surface area contributed by atoms with Gasteiger partial charge in [0.1, 0.15) is 85.8 Å². The average Bonchev–Trinajstić information content (AvgIpc) is 1.04. The maximum absolute atomic E-state index is 12.6. The van der Waals surface area contributed by atoms with Crippen molar-refractivity contribution in [1.82, 2.24) is 93.0 Å². The Hall–Kier alpha value is -14.1. The molecule has 10 aromatic heterocycles. The van der Waals surface area contributed by atoms with Crippen LogP contribution in [0.2, 0.25) is 5.15 Å². The van der Waals surface area contributed by atoms with Gasteiger partial charge < -0.3 is 97.7 Å². The lowest BCUT2D eigenvalue weighted by molar-refractivity contribution is -0.112. The first kappa shape index (κ1) is 112. The van der Waals surface area contributed by atoms with Gasteiger partial charge in [0, 0.05) is 147 Å². The number of methoxy groups -OCH3 is 2. The molecule has 17 rings (SSSR count). The van der Waals surface area contributed by atoms with Gasteiger partial charge in [-0.15, -0.1) is 0 Å². The second-order valence-electron chi connectivity index (χ2n) is 38.3. The minimum absolute atomic E-state index is 0. The Morgan fingerprint density at radius 1 is 0.431 bits per heavy atom. The number of allylic oxidation sites excluding steroid dienone is 1. The number of nitrogens with two attached hydrogens (primary N) is 2. The van der Waals surface area contributed by atoms with Crippen LogP contribution in [0.25, 0.3) is 28.2 Å². The van der Waals surface area contributed by atoms with Crippen LogP contribution in [0.4, 0.5) is 66.7 Å². The highest BCUT2D eigenvalue weighted by atomic mass is 35.5. The molecule has 0 radical (unpaired) electrons. The Labute approximate surface area is 851 Å². The van der Waals surface area contributed by atoms with Crippen LogP contribution in [0.15, 0.2) is 148 Å². The van der Waals surface area contributed by atoms with Crippen LogP contribution in [-0.4, -0.2) is 237 Å². The molecule has 0 bridgehead atoms. The van der Waals surface area contributed by atoms with E-state index in [1.54, 1.807) is 84.0 Å². The first-order valence-electron chi connectivity index (χ1n) is 48.2. The Kier molecular flexibility index (Phi) is 40.6. The number of fused-ring (bicyclic) bond motifs is 5. The molecule has 13 N–H and O–H groups in total. The van der Waals surface area contributed by atoms with Crippen LogP contribution >= 0.6 is 23.2 Å². The fourth-order valence-electron chi connectivity index (χ4n) is 16.2. The Morgan fingerprint density at radius 2 is 0.750 bits per heavy atom. The van der Waals surface area contributed by atoms with E-state index in [0.29, 0.717) is 110 Å². The van der Waals surface area contributed by atoms with E-state index >= 15 is 0 Å². The fourth-order valence-corrected chi connectivity index (χ4v) is 16.4. The summed E-state index contributed by atoms with van der Waals surface area (Å²) in [6, 6.07) is 26.1. The van der Waals surface area contributed by atoms with Crippen LogP contribution in [0, 0.1) is 34.6 Å². The van der Waals surface area contributed by atoms with Crippen LogP contribution in [0.5, 0.6) is 11.5 Å². The molecule has 5 amide bonds. The topological polar surface area (TPSA) is 470 Å². The molecule has 1 saturated carbocycles. The largest absolute Gasteiger partial charge is 0.497 e. The van der Waals surface area contributed by atoms with Crippen molar-refractivity contribution in [1.29, 1.82) is 0 Å². The van der Waals surface area contributed by atoms with E-state index in [4.69, 9.17) is 63.3 Å². The number of rotatable bonds is 21. The van der Waals surface area contributed by atoms with E-state index < -0.39 is 22.0 Å². The maximum atomic E-state index is 12.6. The lowest BCUT2D eigenvalue weighted by Gasteiger charge is -2.35. The van der Waals surface area contributed by atoms with Crippen LogP contribution in [0.1, 0.15) is 192 Å². The van der Waals surface area contributed by atoms with Gasteiger partial charge in [0.2, 0.25) is 17.1 Å². The molecule has 1 aliphatic carbocycles. The summed E-state index contributed by atoms with van der Waals surface area (Å²) in [4.78, 5) is 98.4. The lowest BCUT2D eigenvalue weighted by Crippen LogP contribution is -2.47. The zero-order chi connectivity index (χ0) is 103. The number of aromatic nitrogens is 15. The molecule has 0 spiro atoms. The molecule has 12 aromatic rings. The number of piperidine rings is 4. The number of anilines is 9. The van der Waals surface area contributed by atoms with Gasteiger partial charge in [-0.2, -0.15) is 48.1 Å². The second-order valence-corrected chi connectivity index (χ2v) is 39.0. The van der Waals surface area contributed by atoms with E-state index in [0.717, 1.165) is 161 Å². The third-order valence-electron chi connectivity index (χ3n) is 23.6. The molecule has 5 aliphatic rings. The third kappa shape index (κ3) is 32.2. The lowest BCUT2D eigenvalue weighted by atomic mass is 9.97. The van der Waals surface area contributed by atoms with Gasteiger partial charge in [-0.3, -0.25) is 14.4 Å². The summed E-state index contributed by atoms with van der Waals surface area (Å²) in [6.07, 6.45) is 25.5. The van der Waals surface area contributed by atoms with Gasteiger partial charge in [0.15, 0.2) is 28.2 Å². The molecule has 776 valence electrons. The number of nitrogen functional groups attached to an aromatic ring is 1. The summed E-state index contributed by atoms with van der Waals surface area (Å²) in [5.74, 6) is 7.49. The smallest absolute Gasteiger partial charge is 0.410 e. The van der Waals surface area contributed by atoms with Crippen molar-refractivity contribution in [3.8, 4) is 11.5 Å². The van der Waals surface area contributed by atoms with E-state index in [9.17, 15) is 28.8 Å². The zero-order valence-corrected chi connectivity index (χ0v) is 86.4. The highest BCUT2D eigenvalue weighted by Gasteiger charge is 2.34. The number of halogens is 2. The molecule has 4 atom stereocenters. The number of likely N-dealkylation sites (tertiary alicyclic amines) is 3.